The zero-order valence-electron chi connectivity index (χ0n) is 64.0. The molecule has 0 aromatic carbocycles. The Morgan fingerprint density at radius 3 is 1.60 bits per heavy atom. The number of aliphatic hydroxyl groups is 21. The van der Waals surface area contributed by atoms with Gasteiger partial charge in [0.1, 0.15) is 153 Å². The van der Waals surface area contributed by atoms with Gasteiger partial charge in [0.15, 0.2) is 50.1 Å². The van der Waals surface area contributed by atoms with Crippen molar-refractivity contribution in [2.45, 2.75) is 347 Å². The number of esters is 1. The molecular formula is C74H120O38. The van der Waals surface area contributed by atoms with E-state index in [1.165, 1.54) is 13.8 Å². The lowest BCUT2D eigenvalue weighted by Crippen LogP contribution is -2.67. The zero-order chi connectivity index (χ0) is 81.3. The SMILES string of the molecule is CC1OC(OC2C(CO)OC(OCC3OC(OC(=O)C45CCC(C)(C)CC4C4=CCC6C7(C)CCC(OC8OCC(O)C(O)C8OC8OC(C)C(O)C(OC9OCC(OC%10OCC(O)C(O)C%10O)C(O)C9O)C8O)C(C)(CO)C7CCC6(C)C4(C)CC5)C(OC4OCC(O)C(O)C4O)C(O)C3O)C(O)C2O)C(O)C(O)C1O. The summed E-state index contributed by atoms with van der Waals surface area (Å²) in [6, 6.07) is 0. The maximum Gasteiger partial charge on any atom is 0.315 e. The fraction of sp³-hybridized carbons (Fsp3) is 0.959. The first-order chi connectivity index (χ1) is 52.7. The Morgan fingerprint density at radius 2 is 0.955 bits per heavy atom. The third-order valence-corrected chi connectivity index (χ3v) is 28.4. The number of rotatable bonds is 19. The molecule has 0 spiro atoms. The van der Waals surface area contributed by atoms with Crippen molar-refractivity contribution in [2.24, 2.45) is 50.2 Å². The molecule has 112 heavy (non-hydrogen) atoms. The number of aliphatic hydroxyl groups excluding tert-OH is 21. The molecule has 45 atom stereocenters. The van der Waals surface area contributed by atoms with Crippen LogP contribution >= 0.6 is 0 Å². The molecule has 644 valence electrons. The summed E-state index contributed by atoms with van der Waals surface area (Å²) in [4.78, 5) is 15.9. The van der Waals surface area contributed by atoms with Crippen LogP contribution in [0.2, 0.25) is 0 Å². The van der Waals surface area contributed by atoms with Gasteiger partial charge in [-0.15, -0.1) is 0 Å². The maximum atomic E-state index is 15.9. The van der Waals surface area contributed by atoms with E-state index < -0.39 is 306 Å². The van der Waals surface area contributed by atoms with Crippen molar-refractivity contribution in [3.8, 4) is 0 Å². The van der Waals surface area contributed by atoms with Crippen LogP contribution in [0.1, 0.15) is 120 Å². The molecule has 8 heterocycles. The quantitative estimate of drug-likeness (QED) is 0.0325. The van der Waals surface area contributed by atoms with Gasteiger partial charge in [0.05, 0.1) is 70.0 Å². The predicted octanol–water partition coefficient (Wildman–Crippen LogP) is -7.15. The number of hydrogen-bond donors (Lipinski definition) is 21. The Labute approximate surface area is 646 Å². The standard InChI is InChI=1S/C74H120O38/c1-27-40(80)47(87)53(93)64(102-27)108-56-34(20-75)104-61(54(94)49(56)89)100-24-35-45(85)48(88)59(110-62-51(91)43(83)32(78)22-98-62)67(106-35)112-68(96)74-17-15-69(3,4)19-30(74)29-9-10-38-70(5)13-12-39(71(6,26-76)37(70)11-14-73(38,8)72(29,7)16-18-74)107-66-58(44(84)33(79)23-99-66)111-65-55(95)57(41(81)28(2)103-65)109-63-52(92)46(86)36(25-101-63)105-60-50(90)42(82)31(77)21-97-60/h9,27-28,30-67,75-95H,10-26H2,1-8H3. The molecule has 13 aliphatic rings. The highest BCUT2D eigenvalue weighted by Gasteiger charge is 2.71. The van der Waals surface area contributed by atoms with Crippen molar-refractivity contribution in [1.82, 2.24) is 0 Å². The van der Waals surface area contributed by atoms with Gasteiger partial charge in [0, 0.05) is 5.41 Å². The second-order valence-corrected chi connectivity index (χ2v) is 35.6. The molecule has 12 fully saturated rings. The number of carbonyl (C=O) groups excluding carboxylic acids is 1. The van der Waals surface area contributed by atoms with Gasteiger partial charge < -0.3 is 183 Å². The second kappa shape index (κ2) is 33.6. The molecular weight excluding hydrogens is 1500 g/mol. The molecule has 8 aliphatic heterocycles. The van der Waals surface area contributed by atoms with Crippen molar-refractivity contribution >= 4 is 5.97 Å². The Bertz CT molecular complexity index is 3200. The summed E-state index contributed by atoms with van der Waals surface area (Å²) >= 11 is 0. The molecule has 21 N–H and O–H groups in total. The summed E-state index contributed by atoms with van der Waals surface area (Å²) in [6.07, 6.45) is -53.9. The number of carbonyl (C=O) groups is 1. The van der Waals surface area contributed by atoms with Crippen molar-refractivity contribution in [3.63, 3.8) is 0 Å². The van der Waals surface area contributed by atoms with E-state index in [1.54, 1.807) is 0 Å². The Kier molecular flexibility index (Phi) is 26.3. The minimum Gasteiger partial charge on any atom is -0.432 e. The summed E-state index contributed by atoms with van der Waals surface area (Å²) in [5, 5.41) is 231. The fourth-order valence-electron chi connectivity index (χ4n) is 21.1. The Hall–Kier alpha value is -2.23. The number of ether oxygens (including phenoxy) is 16. The van der Waals surface area contributed by atoms with Gasteiger partial charge >= 0.3 is 5.97 Å². The molecule has 38 heteroatoms. The van der Waals surface area contributed by atoms with Gasteiger partial charge in [-0.2, -0.15) is 0 Å². The molecule has 0 bridgehead atoms. The molecule has 5 aliphatic carbocycles. The van der Waals surface area contributed by atoms with E-state index in [9.17, 15) is 107 Å². The third-order valence-electron chi connectivity index (χ3n) is 28.4. The molecule has 8 saturated heterocycles. The van der Waals surface area contributed by atoms with E-state index in [0.717, 1.165) is 5.57 Å². The largest absolute Gasteiger partial charge is 0.432 e. The second-order valence-electron chi connectivity index (χ2n) is 35.6. The molecule has 0 amide bonds. The lowest BCUT2D eigenvalue weighted by atomic mass is 9.33. The monoisotopic (exact) mass is 1620 g/mol. The van der Waals surface area contributed by atoms with E-state index >= 15 is 4.79 Å². The van der Waals surface area contributed by atoms with E-state index in [4.69, 9.17) is 75.8 Å². The van der Waals surface area contributed by atoms with Crippen molar-refractivity contribution in [3.05, 3.63) is 11.6 Å². The smallest absolute Gasteiger partial charge is 0.315 e. The fourth-order valence-corrected chi connectivity index (χ4v) is 21.1. The minimum absolute atomic E-state index is 0.00818. The zero-order valence-corrected chi connectivity index (χ0v) is 64.0. The van der Waals surface area contributed by atoms with Crippen LogP contribution in [-0.4, -0.2) is 387 Å². The highest BCUT2D eigenvalue weighted by Crippen LogP contribution is 2.76. The van der Waals surface area contributed by atoms with Crippen LogP contribution in [0.4, 0.5) is 0 Å². The van der Waals surface area contributed by atoms with E-state index in [0.29, 0.717) is 64.2 Å². The third kappa shape index (κ3) is 15.6. The van der Waals surface area contributed by atoms with Gasteiger partial charge in [-0.25, -0.2) is 0 Å². The molecule has 0 radical (unpaired) electrons. The van der Waals surface area contributed by atoms with Gasteiger partial charge in [-0.3, -0.25) is 4.79 Å². The molecule has 38 nitrogen and oxygen atoms in total. The number of fused-ring (bicyclic) bond motifs is 7. The number of hydrogen-bond acceptors (Lipinski definition) is 38. The van der Waals surface area contributed by atoms with Crippen LogP contribution < -0.4 is 0 Å². The average Bonchev–Trinajstić information content (AvgIpc) is 0.673. The van der Waals surface area contributed by atoms with Gasteiger partial charge in [-0.1, -0.05) is 53.2 Å². The topological polar surface area (TPSA) is 590 Å². The summed E-state index contributed by atoms with van der Waals surface area (Å²) in [5.41, 5.74) is -2.88. The van der Waals surface area contributed by atoms with Crippen LogP contribution in [0.25, 0.3) is 0 Å². The minimum atomic E-state index is -2.04. The van der Waals surface area contributed by atoms with Crippen LogP contribution in [0, 0.1) is 50.2 Å². The summed E-state index contributed by atoms with van der Waals surface area (Å²) in [7, 11) is 0. The first-order valence-corrected chi connectivity index (χ1v) is 39.4. The predicted molar refractivity (Wildman–Crippen MR) is 368 cm³/mol. The van der Waals surface area contributed by atoms with E-state index in [-0.39, 0.29) is 23.9 Å². The van der Waals surface area contributed by atoms with Crippen molar-refractivity contribution in [2.75, 3.05) is 46.2 Å². The summed E-state index contributed by atoms with van der Waals surface area (Å²) in [6.45, 7) is 12.1. The highest BCUT2D eigenvalue weighted by atomic mass is 16.8. The summed E-state index contributed by atoms with van der Waals surface area (Å²) in [5.74, 6) is -1.37. The lowest BCUT2D eigenvalue weighted by molar-refractivity contribution is -0.382. The van der Waals surface area contributed by atoms with Crippen LogP contribution in [-0.2, 0) is 80.6 Å². The van der Waals surface area contributed by atoms with Crippen LogP contribution in [0.5, 0.6) is 0 Å². The van der Waals surface area contributed by atoms with Gasteiger partial charge in [0.2, 0.25) is 6.29 Å². The molecule has 0 aromatic heterocycles. The summed E-state index contributed by atoms with van der Waals surface area (Å²) < 4.78 is 95.4. The first-order valence-electron chi connectivity index (χ1n) is 39.4. The number of allylic oxidation sites excluding steroid dienone is 2. The molecule has 4 saturated carbocycles. The average molecular weight is 1620 g/mol. The highest BCUT2D eigenvalue weighted by molar-refractivity contribution is 5.79. The molecule has 45 unspecified atom stereocenters. The van der Waals surface area contributed by atoms with Crippen LogP contribution in [0.15, 0.2) is 11.6 Å². The van der Waals surface area contributed by atoms with E-state index in [2.05, 4.69) is 40.7 Å². The van der Waals surface area contributed by atoms with Crippen LogP contribution in [0.3, 0.4) is 0 Å². The Morgan fingerprint density at radius 1 is 0.438 bits per heavy atom. The normalized spacial score (nSPS) is 55.3. The van der Waals surface area contributed by atoms with Gasteiger partial charge in [0.25, 0.3) is 0 Å². The van der Waals surface area contributed by atoms with E-state index in [1.807, 2.05) is 6.92 Å². The molecule has 13 rings (SSSR count). The van der Waals surface area contributed by atoms with Crippen molar-refractivity contribution in [1.29, 1.82) is 0 Å². The maximum absolute atomic E-state index is 15.9. The first kappa shape index (κ1) is 87.6. The lowest BCUT2D eigenvalue weighted by Gasteiger charge is -2.71. The molecule has 0 aromatic rings. The van der Waals surface area contributed by atoms with Crippen molar-refractivity contribution < 1.29 is 188 Å². The van der Waals surface area contributed by atoms with Gasteiger partial charge in [-0.05, 0) is 117 Å². The Balaban J connectivity index is 0.701.